The second-order valence-electron chi connectivity index (χ2n) is 4.00. The van der Waals surface area contributed by atoms with Gasteiger partial charge in [-0.1, -0.05) is 0 Å². The van der Waals surface area contributed by atoms with Crippen LogP contribution in [0.4, 0.5) is 13.2 Å². The maximum Gasteiger partial charge on any atom is 0.490 e. The zero-order chi connectivity index (χ0) is 16.0. The fraction of sp³-hybridized carbons (Fsp3) is 0.333. The lowest BCUT2D eigenvalue weighted by atomic mass is 10.1. The van der Waals surface area contributed by atoms with Crippen LogP contribution in [0.1, 0.15) is 15.3 Å². The van der Waals surface area contributed by atoms with Crippen molar-refractivity contribution in [3.63, 3.8) is 0 Å². The largest absolute Gasteiger partial charge is 0.490 e. The van der Waals surface area contributed by atoms with Gasteiger partial charge in [0.25, 0.3) is 0 Å². The number of rotatable bonds is 2. The molecule has 2 heterocycles. The number of fused-ring (bicyclic) bond motifs is 1. The first-order valence-corrected chi connectivity index (χ1v) is 6.55. The van der Waals surface area contributed by atoms with Gasteiger partial charge in [-0.05, 0) is 24.1 Å². The minimum absolute atomic E-state index is 0.894. The van der Waals surface area contributed by atoms with Crippen LogP contribution >= 0.6 is 11.3 Å². The summed E-state index contributed by atoms with van der Waals surface area (Å²) >= 11 is 1.69. The molecule has 1 aliphatic heterocycles. The lowest BCUT2D eigenvalue weighted by molar-refractivity contribution is -0.192. The summed E-state index contributed by atoms with van der Waals surface area (Å²) < 4.78 is 31.7. The highest BCUT2D eigenvalue weighted by Crippen LogP contribution is 2.26. The van der Waals surface area contributed by atoms with Crippen molar-refractivity contribution in [1.29, 1.82) is 0 Å². The quantitative estimate of drug-likeness (QED) is 0.726. The van der Waals surface area contributed by atoms with Gasteiger partial charge in [0.05, 0.1) is 0 Å². The van der Waals surface area contributed by atoms with E-state index in [9.17, 15) is 18.0 Å². The van der Waals surface area contributed by atoms with E-state index in [1.807, 2.05) is 0 Å². The Balaban J connectivity index is 0.000000270. The van der Waals surface area contributed by atoms with Crippen molar-refractivity contribution in [2.24, 2.45) is 0 Å². The van der Waals surface area contributed by atoms with Crippen LogP contribution in [-0.4, -0.2) is 34.9 Å². The van der Waals surface area contributed by atoms with Crippen LogP contribution in [0.25, 0.3) is 6.08 Å². The van der Waals surface area contributed by atoms with Crippen molar-refractivity contribution < 1.29 is 33.0 Å². The van der Waals surface area contributed by atoms with E-state index in [-0.39, 0.29) is 0 Å². The Morgan fingerprint density at radius 3 is 2.43 bits per heavy atom. The number of carboxylic acid groups (broad SMARTS) is 2. The molecule has 0 unspecified atom stereocenters. The topological polar surface area (TPSA) is 86.6 Å². The first-order chi connectivity index (χ1) is 9.70. The summed E-state index contributed by atoms with van der Waals surface area (Å²) in [5, 5.41) is 18.9. The molecule has 3 N–H and O–H groups in total. The molecule has 0 aliphatic carbocycles. The van der Waals surface area contributed by atoms with E-state index < -0.39 is 18.1 Å². The van der Waals surface area contributed by atoms with Crippen LogP contribution in [0.3, 0.4) is 0 Å². The Bertz CT molecular complexity index is 528. The molecule has 2 rings (SSSR count). The van der Waals surface area contributed by atoms with Crippen LogP contribution < -0.4 is 5.32 Å². The number of carboxylic acids is 2. The lowest BCUT2D eigenvalue weighted by Crippen LogP contribution is -2.21. The molecule has 0 spiro atoms. The number of nitrogens with one attached hydrogen (secondary N) is 1. The molecule has 1 aromatic rings. The molecule has 21 heavy (non-hydrogen) atoms. The van der Waals surface area contributed by atoms with Gasteiger partial charge >= 0.3 is 18.1 Å². The Morgan fingerprint density at radius 1 is 1.33 bits per heavy atom. The molecule has 0 radical (unpaired) electrons. The Labute approximate surface area is 121 Å². The number of hydrogen-bond donors (Lipinski definition) is 3. The highest BCUT2D eigenvalue weighted by molar-refractivity contribution is 7.13. The maximum absolute atomic E-state index is 10.6. The van der Waals surface area contributed by atoms with Gasteiger partial charge in [0, 0.05) is 28.9 Å². The van der Waals surface area contributed by atoms with Crippen molar-refractivity contribution in [2.45, 2.75) is 19.1 Å². The average Bonchev–Trinajstić information content (AvgIpc) is 2.78. The van der Waals surface area contributed by atoms with Crippen molar-refractivity contribution in [1.82, 2.24) is 5.32 Å². The zero-order valence-electron chi connectivity index (χ0n) is 10.6. The van der Waals surface area contributed by atoms with Gasteiger partial charge in [-0.25, -0.2) is 9.59 Å². The van der Waals surface area contributed by atoms with Crippen LogP contribution in [0.5, 0.6) is 0 Å². The molecule has 5 nitrogen and oxygen atoms in total. The third-order valence-electron chi connectivity index (χ3n) is 2.39. The van der Waals surface area contributed by atoms with Crippen LogP contribution in [0.15, 0.2) is 12.1 Å². The van der Waals surface area contributed by atoms with Crippen LogP contribution in [0, 0.1) is 0 Å². The summed E-state index contributed by atoms with van der Waals surface area (Å²) in [5.41, 5.74) is 1.31. The van der Waals surface area contributed by atoms with Crippen LogP contribution in [0.2, 0.25) is 0 Å². The SMILES string of the molecule is O=C(O)/C=C/c1cc2c(s1)CCNC2.O=C(O)C(F)(F)F. The number of carbonyl (C=O) groups is 2. The van der Waals surface area contributed by atoms with E-state index >= 15 is 0 Å². The summed E-state index contributed by atoms with van der Waals surface area (Å²) in [6.07, 6.45) is -1.18. The first-order valence-electron chi connectivity index (χ1n) is 5.73. The molecule has 0 aromatic carbocycles. The van der Waals surface area contributed by atoms with Gasteiger partial charge in [-0.15, -0.1) is 11.3 Å². The number of halogens is 3. The van der Waals surface area contributed by atoms with E-state index in [1.54, 1.807) is 17.4 Å². The normalized spacial score (nSPS) is 14.2. The molecule has 0 amide bonds. The second-order valence-corrected chi connectivity index (χ2v) is 5.17. The third kappa shape index (κ3) is 5.96. The average molecular weight is 323 g/mol. The predicted molar refractivity (Wildman–Crippen MR) is 70.1 cm³/mol. The molecule has 0 bridgehead atoms. The molecular formula is C12H12F3NO4S. The predicted octanol–water partition coefficient (Wildman–Crippen LogP) is 2.12. The fourth-order valence-electron chi connectivity index (χ4n) is 1.51. The maximum atomic E-state index is 10.6. The minimum atomic E-state index is -5.08. The Kier molecular flexibility index (Phi) is 5.91. The highest BCUT2D eigenvalue weighted by atomic mass is 32.1. The molecule has 9 heteroatoms. The molecule has 1 aliphatic rings. The lowest BCUT2D eigenvalue weighted by Gasteiger charge is -2.10. The molecule has 0 fully saturated rings. The number of alkyl halides is 3. The van der Waals surface area contributed by atoms with Gasteiger partial charge in [-0.3, -0.25) is 0 Å². The number of aliphatic carboxylic acids is 2. The van der Waals surface area contributed by atoms with E-state index in [4.69, 9.17) is 15.0 Å². The summed E-state index contributed by atoms with van der Waals surface area (Å²) in [5.74, 6) is -3.65. The molecule has 1 aromatic heterocycles. The molecule has 0 saturated heterocycles. The van der Waals surface area contributed by atoms with Gasteiger partial charge in [0.15, 0.2) is 0 Å². The standard InChI is InChI=1S/C10H11NO2S.C2HF3O2/c12-10(13)2-1-8-5-7-6-11-4-3-9(7)14-8;3-2(4,5)1(6)7/h1-2,5,11H,3-4,6H2,(H,12,13);(H,6,7)/b2-1+;. The first kappa shape index (κ1) is 17.2. The zero-order valence-corrected chi connectivity index (χ0v) is 11.4. The summed E-state index contributed by atoms with van der Waals surface area (Å²) in [7, 11) is 0. The van der Waals surface area contributed by atoms with Crippen molar-refractivity contribution in [2.75, 3.05) is 6.54 Å². The van der Waals surface area contributed by atoms with Gasteiger partial charge < -0.3 is 15.5 Å². The molecule has 116 valence electrons. The second kappa shape index (κ2) is 7.23. The highest BCUT2D eigenvalue weighted by Gasteiger charge is 2.38. The van der Waals surface area contributed by atoms with E-state index in [1.165, 1.54) is 16.5 Å². The smallest absolute Gasteiger partial charge is 0.478 e. The summed E-state index contributed by atoms with van der Waals surface area (Å²) in [6, 6.07) is 2.06. The Morgan fingerprint density at radius 2 is 1.95 bits per heavy atom. The molecular weight excluding hydrogens is 311 g/mol. The number of thiophene rings is 1. The molecule has 0 atom stereocenters. The van der Waals surface area contributed by atoms with Crippen molar-refractivity contribution in [3.8, 4) is 0 Å². The minimum Gasteiger partial charge on any atom is -0.478 e. The third-order valence-corrected chi connectivity index (χ3v) is 3.60. The van der Waals surface area contributed by atoms with E-state index in [2.05, 4.69) is 11.4 Å². The van der Waals surface area contributed by atoms with E-state index in [0.29, 0.717) is 0 Å². The van der Waals surface area contributed by atoms with Crippen molar-refractivity contribution in [3.05, 3.63) is 27.5 Å². The fourth-order valence-corrected chi connectivity index (χ4v) is 2.60. The monoisotopic (exact) mass is 323 g/mol. The van der Waals surface area contributed by atoms with Crippen molar-refractivity contribution >= 4 is 29.4 Å². The van der Waals surface area contributed by atoms with Crippen LogP contribution in [-0.2, 0) is 22.6 Å². The Hall–Kier alpha value is -1.87. The number of hydrogen-bond acceptors (Lipinski definition) is 4. The van der Waals surface area contributed by atoms with Gasteiger partial charge in [-0.2, -0.15) is 13.2 Å². The van der Waals surface area contributed by atoms with Gasteiger partial charge in [0.1, 0.15) is 0 Å². The molecule has 0 saturated carbocycles. The summed E-state index contributed by atoms with van der Waals surface area (Å²) in [6.45, 7) is 1.93. The van der Waals surface area contributed by atoms with Gasteiger partial charge in [0.2, 0.25) is 0 Å². The summed E-state index contributed by atoms with van der Waals surface area (Å²) in [4.78, 5) is 21.6. The van der Waals surface area contributed by atoms with E-state index in [0.717, 1.165) is 24.4 Å².